The molecule has 0 unspecified atom stereocenters. The molecule has 0 bridgehead atoms. The molecule has 0 aliphatic heterocycles. The lowest BCUT2D eigenvalue weighted by Crippen LogP contribution is -2.24. The summed E-state index contributed by atoms with van der Waals surface area (Å²) in [7, 11) is 7.37. The highest BCUT2D eigenvalue weighted by Gasteiger charge is 2.06. The Hall–Kier alpha value is -3.08. The maximum atomic E-state index is 12.3. The molecule has 5 nitrogen and oxygen atoms in total. The first-order valence-electron chi connectivity index (χ1n) is 8.42. The Labute approximate surface area is 154 Å². The maximum absolute atomic E-state index is 12.3. The number of nitrogens with zero attached hydrogens (tertiary/aromatic N) is 2. The Balaban J connectivity index is 1.95. The van der Waals surface area contributed by atoms with Gasteiger partial charge in [-0.25, -0.2) is 0 Å². The first kappa shape index (κ1) is 19.2. The predicted molar refractivity (Wildman–Crippen MR) is 106 cm³/mol. The molecule has 0 heterocycles. The molecule has 26 heavy (non-hydrogen) atoms. The number of hydrogen-bond donors (Lipinski definition) is 1. The van der Waals surface area contributed by atoms with Crippen molar-refractivity contribution >= 4 is 23.6 Å². The fourth-order valence-corrected chi connectivity index (χ4v) is 2.44. The van der Waals surface area contributed by atoms with Gasteiger partial charge in [-0.05, 0) is 41.5 Å². The summed E-state index contributed by atoms with van der Waals surface area (Å²) in [4.78, 5) is 27.5. The Morgan fingerprint density at radius 3 is 2.12 bits per heavy atom. The lowest BCUT2D eigenvalue weighted by Gasteiger charge is -2.17. The lowest BCUT2D eigenvalue weighted by molar-refractivity contribution is -0.125. The molecule has 0 spiro atoms. The fourth-order valence-electron chi connectivity index (χ4n) is 2.44. The van der Waals surface area contributed by atoms with Crippen LogP contribution in [-0.2, 0) is 11.3 Å². The Morgan fingerprint density at radius 2 is 1.58 bits per heavy atom. The van der Waals surface area contributed by atoms with Gasteiger partial charge in [0.15, 0.2) is 0 Å². The van der Waals surface area contributed by atoms with E-state index >= 15 is 0 Å². The third kappa shape index (κ3) is 5.21. The van der Waals surface area contributed by atoms with Crippen LogP contribution in [0.3, 0.4) is 0 Å². The normalized spacial score (nSPS) is 10.6. The lowest BCUT2D eigenvalue weighted by atomic mass is 10.1. The standard InChI is InChI=1S/C21H25N3O2/c1-22-21(26)18-10-5-16(6-11-18)9-14-20(25)24(4)15-17-7-12-19(13-8-17)23(2)3/h5-14H,15H2,1-4H3,(H,22,26)/b14-9+. The van der Waals surface area contributed by atoms with E-state index < -0.39 is 0 Å². The van der Waals surface area contributed by atoms with Crippen LogP contribution in [0.2, 0.25) is 0 Å². The smallest absolute Gasteiger partial charge is 0.251 e. The molecule has 2 aromatic carbocycles. The summed E-state index contributed by atoms with van der Waals surface area (Å²) in [6, 6.07) is 15.2. The molecule has 136 valence electrons. The van der Waals surface area contributed by atoms with Crippen LogP contribution in [0.5, 0.6) is 0 Å². The molecule has 0 atom stereocenters. The highest BCUT2D eigenvalue weighted by molar-refractivity contribution is 5.94. The van der Waals surface area contributed by atoms with Crippen molar-refractivity contribution in [3.63, 3.8) is 0 Å². The average Bonchev–Trinajstić information content (AvgIpc) is 2.66. The highest BCUT2D eigenvalue weighted by atomic mass is 16.2. The largest absolute Gasteiger partial charge is 0.378 e. The van der Waals surface area contributed by atoms with Crippen LogP contribution in [0.15, 0.2) is 54.6 Å². The Morgan fingerprint density at radius 1 is 0.962 bits per heavy atom. The number of carbonyl (C=O) groups excluding carboxylic acids is 2. The van der Waals surface area contributed by atoms with Gasteiger partial charge in [-0.3, -0.25) is 9.59 Å². The number of amides is 2. The van der Waals surface area contributed by atoms with Gasteiger partial charge in [0.2, 0.25) is 5.91 Å². The zero-order valence-corrected chi connectivity index (χ0v) is 15.7. The molecule has 0 fully saturated rings. The van der Waals surface area contributed by atoms with Crippen molar-refractivity contribution in [2.45, 2.75) is 6.54 Å². The van der Waals surface area contributed by atoms with Crippen LogP contribution in [0.4, 0.5) is 5.69 Å². The van der Waals surface area contributed by atoms with Crippen molar-refractivity contribution in [3.8, 4) is 0 Å². The molecule has 0 saturated carbocycles. The van der Waals surface area contributed by atoms with Crippen LogP contribution >= 0.6 is 0 Å². The van der Waals surface area contributed by atoms with E-state index in [0.717, 1.165) is 16.8 Å². The quantitative estimate of drug-likeness (QED) is 0.814. The Kier molecular flexibility index (Phi) is 6.55. The van der Waals surface area contributed by atoms with Crippen LogP contribution in [0.1, 0.15) is 21.5 Å². The molecule has 0 aliphatic rings. The van der Waals surface area contributed by atoms with E-state index in [9.17, 15) is 9.59 Å². The monoisotopic (exact) mass is 351 g/mol. The summed E-state index contributed by atoms with van der Waals surface area (Å²) in [6.07, 6.45) is 3.30. The minimum absolute atomic E-state index is 0.0722. The minimum atomic E-state index is -0.128. The topological polar surface area (TPSA) is 52.7 Å². The van der Waals surface area contributed by atoms with Crippen molar-refractivity contribution in [1.29, 1.82) is 0 Å². The number of carbonyl (C=O) groups is 2. The molecule has 0 aromatic heterocycles. The second-order valence-electron chi connectivity index (χ2n) is 6.29. The molecule has 5 heteroatoms. The van der Waals surface area contributed by atoms with Crippen LogP contribution < -0.4 is 10.2 Å². The zero-order valence-electron chi connectivity index (χ0n) is 15.7. The number of nitrogens with one attached hydrogen (secondary N) is 1. The SMILES string of the molecule is CNC(=O)c1ccc(/C=C/C(=O)N(C)Cc2ccc(N(C)C)cc2)cc1. The fraction of sp³-hybridized carbons (Fsp3) is 0.238. The van der Waals surface area contributed by atoms with Gasteiger partial charge in [-0.1, -0.05) is 24.3 Å². The van der Waals surface area contributed by atoms with Crippen LogP contribution in [-0.4, -0.2) is 44.9 Å². The number of anilines is 1. The van der Waals surface area contributed by atoms with Gasteiger partial charge in [0.05, 0.1) is 0 Å². The zero-order chi connectivity index (χ0) is 19.1. The highest BCUT2D eigenvalue weighted by Crippen LogP contribution is 2.13. The molecule has 1 N–H and O–H groups in total. The first-order chi connectivity index (χ1) is 12.4. The van der Waals surface area contributed by atoms with Crippen molar-refractivity contribution < 1.29 is 9.59 Å². The number of likely N-dealkylation sites (N-methyl/N-ethyl adjacent to an activating group) is 1. The molecule has 2 aromatic rings. The number of rotatable bonds is 6. The number of benzene rings is 2. The van der Waals surface area contributed by atoms with Gasteiger partial charge in [-0.2, -0.15) is 0 Å². The predicted octanol–water partition coefficient (Wildman–Crippen LogP) is 2.78. The molecule has 0 aliphatic carbocycles. The maximum Gasteiger partial charge on any atom is 0.251 e. The van der Waals surface area contributed by atoms with Crippen LogP contribution in [0.25, 0.3) is 6.08 Å². The summed E-state index contributed by atoms with van der Waals surface area (Å²) in [5, 5.41) is 2.58. The van der Waals surface area contributed by atoms with Crippen molar-refractivity contribution in [2.75, 3.05) is 33.1 Å². The second-order valence-corrected chi connectivity index (χ2v) is 6.29. The molecule has 0 saturated heterocycles. The van der Waals surface area contributed by atoms with Gasteiger partial charge < -0.3 is 15.1 Å². The minimum Gasteiger partial charge on any atom is -0.378 e. The van der Waals surface area contributed by atoms with E-state index in [1.165, 1.54) is 0 Å². The third-order valence-electron chi connectivity index (χ3n) is 4.07. The van der Waals surface area contributed by atoms with Crippen molar-refractivity contribution in [1.82, 2.24) is 10.2 Å². The van der Waals surface area contributed by atoms with E-state index in [2.05, 4.69) is 5.32 Å². The van der Waals surface area contributed by atoms with Gasteiger partial charge in [0.25, 0.3) is 5.91 Å². The van der Waals surface area contributed by atoms with Gasteiger partial charge in [0, 0.05) is 52.1 Å². The number of hydrogen-bond acceptors (Lipinski definition) is 3. The first-order valence-corrected chi connectivity index (χ1v) is 8.42. The van der Waals surface area contributed by atoms with E-state index in [0.29, 0.717) is 12.1 Å². The summed E-state index contributed by atoms with van der Waals surface area (Å²) in [5.41, 5.74) is 3.67. The van der Waals surface area contributed by atoms with E-state index in [1.807, 2.05) is 55.4 Å². The summed E-state index contributed by atoms with van der Waals surface area (Å²) in [6.45, 7) is 0.548. The van der Waals surface area contributed by atoms with Gasteiger partial charge >= 0.3 is 0 Å². The molecule has 0 radical (unpaired) electrons. The van der Waals surface area contributed by atoms with Crippen molar-refractivity contribution in [2.24, 2.45) is 0 Å². The van der Waals surface area contributed by atoms with Gasteiger partial charge in [-0.15, -0.1) is 0 Å². The van der Waals surface area contributed by atoms with Crippen molar-refractivity contribution in [3.05, 3.63) is 71.3 Å². The molecule has 2 amide bonds. The van der Waals surface area contributed by atoms with E-state index in [1.54, 1.807) is 43.3 Å². The molecular formula is C21H25N3O2. The van der Waals surface area contributed by atoms with E-state index in [4.69, 9.17) is 0 Å². The summed E-state index contributed by atoms with van der Waals surface area (Å²) in [5.74, 6) is -0.200. The third-order valence-corrected chi connectivity index (χ3v) is 4.07. The van der Waals surface area contributed by atoms with Gasteiger partial charge in [0.1, 0.15) is 0 Å². The van der Waals surface area contributed by atoms with Crippen LogP contribution in [0, 0.1) is 0 Å². The summed E-state index contributed by atoms with van der Waals surface area (Å²) < 4.78 is 0. The molecule has 2 rings (SSSR count). The second kappa shape index (κ2) is 8.85. The molecular weight excluding hydrogens is 326 g/mol. The van der Waals surface area contributed by atoms with E-state index in [-0.39, 0.29) is 11.8 Å². The summed E-state index contributed by atoms with van der Waals surface area (Å²) >= 11 is 0. The Bertz CT molecular complexity index is 778. The average molecular weight is 351 g/mol.